The zero-order valence-corrected chi connectivity index (χ0v) is 11.9. The minimum absolute atomic E-state index is 0.296. The van der Waals surface area contributed by atoms with Crippen molar-refractivity contribution in [2.75, 3.05) is 13.2 Å². The van der Waals surface area contributed by atoms with Crippen LogP contribution in [0.25, 0.3) is 10.2 Å². The molecule has 0 saturated carbocycles. The van der Waals surface area contributed by atoms with Crippen LogP contribution in [0, 0.1) is 6.92 Å². The molecule has 0 atom stereocenters. The van der Waals surface area contributed by atoms with Crippen molar-refractivity contribution >= 4 is 27.5 Å². The Morgan fingerprint density at radius 3 is 2.70 bits per heavy atom. The van der Waals surface area contributed by atoms with Crippen molar-refractivity contribution in [3.8, 4) is 0 Å². The monoisotopic (exact) mass is 297 g/mol. The lowest BCUT2D eigenvalue weighted by Crippen LogP contribution is -2.51. The number of amides is 1. The number of aliphatic hydroxyl groups is 2. The van der Waals surface area contributed by atoms with Crippen LogP contribution in [-0.2, 0) is 0 Å². The molecular formula is C12H15N3O4S. The molecule has 0 aliphatic carbocycles. The highest BCUT2D eigenvalue weighted by Crippen LogP contribution is 2.26. The third-order valence-electron chi connectivity index (χ3n) is 3.05. The Morgan fingerprint density at radius 2 is 2.15 bits per heavy atom. The van der Waals surface area contributed by atoms with E-state index in [2.05, 4.69) is 15.3 Å². The van der Waals surface area contributed by atoms with E-state index in [0.717, 1.165) is 11.3 Å². The van der Waals surface area contributed by atoms with Gasteiger partial charge in [0.15, 0.2) is 0 Å². The second-order valence-corrected chi connectivity index (χ2v) is 5.80. The number of aliphatic hydroxyl groups excluding tert-OH is 2. The number of nitrogens with one attached hydrogen (secondary N) is 2. The number of aromatic nitrogens is 2. The molecule has 2 rings (SSSR count). The number of aryl methyl sites for hydroxylation is 1. The number of carbonyl (C=O) groups is 1. The van der Waals surface area contributed by atoms with E-state index in [4.69, 9.17) is 0 Å². The minimum Gasteiger partial charge on any atom is -0.394 e. The summed E-state index contributed by atoms with van der Waals surface area (Å²) >= 11 is 1.10. The zero-order valence-electron chi connectivity index (χ0n) is 11.1. The third kappa shape index (κ3) is 2.45. The average Bonchev–Trinajstić information content (AvgIpc) is 2.77. The first-order valence-electron chi connectivity index (χ1n) is 5.93. The lowest BCUT2D eigenvalue weighted by molar-refractivity contribution is 0.0727. The molecule has 2 aromatic rings. The number of H-pyrrole nitrogens is 1. The molecule has 0 aromatic carbocycles. The highest BCUT2D eigenvalue weighted by molar-refractivity contribution is 7.20. The van der Waals surface area contributed by atoms with E-state index in [-0.39, 0.29) is 5.56 Å². The Balaban J connectivity index is 2.44. The second kappa shape index (κ2) is 5.31. The number of carbonyl (C=O) groups excluding carboxylic acids is 1. The van der Waals surface area contributed by atoms with Gasteiger partial charge in [0.2, 0.25) is 0 Å². The maximum absolute atomic E-state index is 12.2. The standard InChI is InChI=1S/C12H15N3O4S/c1-6-7-9(18)13-5-14-11(7)20-8(6)10(19)15-12(2,3-16)4-17/h5,16-17H,3-4H2,1-2H3,(H,15,19)(H,13,14,18). The van der Waals surface area contributed by atoms with Crippen LogP contribution < -0.4 is 10.9 Å². The van der Waals surface area contributed by atoms with Crippen LogP contribution in [0.1, 0.15) is 22.2 Å². The maximum Gasteiger partial charge on any atom is 0.262 e. The molecule has 0 spiro atoms. The summed E-state index contributed by atoms with van der Waals surface area (Å²) in [6.45, 7) is 2.41. The number of fused-ring (bicyclic) bond motifs is 1. The van der Waals surface area contributed by atoms with Crippen molar-refractivity contribution in [2.24, 2.45) is 0 Å². The van der Waals surface area contributed by atoms with Gasteiger partial charge < -0.3 is 20.5 Å². The zero-order chi connectivity index (χ0) is 14.9. The lowest BCUT2D eigenvalue weighted by atomic mass is 10.1. The Hall–Kier alpha value is -1.77. The summed E-state index contributed by atoms with van der Waals surface area (Å²) in [4.78, 5) is 31.3. The van der Waals surface area contributed by atoms with Crippen LogP contribution in [0.3, 0.4) is 0 Å². The van der Waals surface area contributed by atoms with Gasteiger partial charge in [-0.2, -0.15) is 0 Å². The van der Waals surface area contributed by atoms with E-state index in [0.29, 0.717) is 20.7 Å². The first-order chi connectivity index (χ1) is 9.41. The molecule has 4 N–H and O–H groups in total. The highest BCUT2D eigenvalue weighted by Gasteiger charge is 2.27. The van der Waals surface area contributed by atoms with Gasteiger partial charge in [0.1, 0.15) is 4.83 Å². The SMILES string of the molecule is Cc1c(C(=O)NC(C)(CO)CO)sc2nc[nH]c(=O)c12. The van der Waals surface area contributed by atoms with Crippen LogP contribution in [0.2, 0.25) is 0 Å². The van der Waals surface area contributed by atoms with Crippen molar-refractivity contribution in [1.29, 1.82) is 0 Å². The van der Waals surface area contributed by atoms with Gasteiger partial charge in [-0.05, 0) is 19.4 Å². The average molecular weight is 297 g/mol. The Bertz CT molecular complexity index is 702. The normalized spacial score (nSPS) is 11.8. The summed E-state index contributed by atoms with van der Waals surface area (Å²) in [5.41, 5.74) is -0.871. The molecule has 0 aliphatic rings. The number of hydrogen-bond donors (Lipinski definition) is 4. The van der Waals surface area contributed by atoms with Gasteiger partial charge in [-0.3, -0.25) is 9.59 Å². The summed E-state index contributed by atoms with van der Waals surface area (Å²) in [6, 6.07) is 0. The third-order valence-corrected chi connectivity index (χ3v) is 4.25. The molecule has 2 aromatic heterocycles. The van der Waals surface area contributed by atoms with Crippen molar-refractivity contribution in [1.82, 2.24) is 15.3 Å². The summed E-state index contributed by atoms with van der Waals surface area (Å²) < 4.78 is 0. The summed E-state index contributed by atoms with van der Waals surface area (Å²) in [5.74, 6) is -0.449. The molecule has 0 fully saturated rings. The van der Waals surface area contributed by atoms with Crippen molar-refractivity contribution in [2.45, 2.75) is 19.4 Å². The summed E-state index contributed by atoms with van der Waals surface area (Å²) in [7, 11) is 0. The predicted molar refractivity (Wildman–Crippen MR) is 75.0 cm³/mol. The van der Waals surface area contributed by atoms with Crippen LogP contribution >= 0.6 is 11.3 Å². The fourth-order valence-corrected chi connectivity index (χ4v) is 2.80. The van der Waals surface area contributed by atoms with E-state index < -0.39 is 24.7 Å². The number of rotatable bonds is 4. The Kier molecular flexibility index (Phi) is 3.89. The largest absolute Gasteiger partial charge is 0.394 e. The van der Waals surface area contributed by atoms with Gasteiger partial charge >= 0.3 is 0 Å². The van der Waals surface area contributed by atoms with E-state index >= 15 is 0 Å². The predicted octanol–water partition coefficient (Wildman–Crippen LogP) is -0.234. The van der Waals surface area contributed by atoms with Crippen LogP contribution in [-0.4, -0.2) is 44.8 Å². The molecule has 8 heteroatoms. The first-order valence-corrected chi connectivity index (χ1v) is 6.74. The number of thiophene rings is 1. The minimum atomic E-state index is -1.11. The van der Waals surface area contributed by atoms with Crippen molar-refractivity contribution < 1.29 is 15.0 Å². The fourth-order valence-electron chi connectivity index (χ4n) is 1.75. The Labute approximate surface area is 118 Å². The molecule has 2 heterocycles. The maximum atomic E-state index is 12.2. The van der Waals surface area contributed by atoms with Crippen LogP contribution in [0.15, 0.2) is 11.1 Å². The highest BCUT2D eigenvalue weighted by atomic mass is 32.1. The van der Waals surface area contributed by atoms with Gasteiger partial charge in [0, 0.05) is 0 Å². The van der Waals surface area contributed by atoms with Gasteiger partial charge in [-0.15, -0.1) is 11.3 Å². The number of aromatic amines is 1. The molecule has 20 heavy (non-hydrogen) atoms. The summed E-state index contributed by atoms with van der Waals surface area (Å²) in [5, 5.41) is 21.3. The van der Waals surface area contributed by atoms with E-state index in [1.165, 1.54) is 13.3 Å². The van der Waals surface area contributed by atoms with E-state index in [1.807, 2.05) is 0 Å². The van der Waals surface area contributed by atoms with Gasteiger partial charge in [-0.1, -0.05) is 0 Å². The quantitative estimate of drug-likeness (QED) is 0.622. The lowest BCUT2D eigenvalue weighted by Gasteiger charge is -2.25. The number of hydrogen-bond acceptors (Lipinski definition) is 6. The molecule has 1 amide bonds. The molecule has 0 unspecified atom stereocenters. The second-order valence-electron chi connectivity index (χ2n) is 4.80. The van der Waals surface area contributed by atoms with E-state index in [9.17, 15) is 19.8 Å². The molecule has 0 bridgehead atoms. The van der Waals surface area contributed by atoms with Crippen LogP contribution in [0.4, 0.5) is 0 Å². The van der Waals surface area contributed by atoms with Gasteiger partial charge in [0.25, 0.3) is 11.5 Å². The topological polar surface area (TPSA) is 115 Å². The number of nitrogens with zero attached hydrogens (tertiary/aromatic N) is 1. The van der Waals surface area contributed by atoms with Crippen molar-refractivity contribution in [3.63, 3.8) is 0 Å². The smallest absolute Gasteiger partial charge is 0.262 e. The van der Waals surface area contributed by atoms with Gasteiger partial charge in [-0.25, -0.2) is 4.98 Å². The molecular weight excluding hydrogens is 282 g/mol. The van der Waals surface area contributed by atoms with Crippen molar-refractivity contribution in [3.05, 3.63) is 27.1 Å². The van der Waals surface area contributed by atoms with Gasteiger partial charge in [0.05, 0.1) is 35.3 Å². The molecule has 7 nitrogen and oxygen atoms in total. The first kappa shape index (κ1) is 14.6. The van der Waals surface area contributed by atoms with Crippen LogP contribution in [0.5, 0.6) is 0 Å². The fraction of sp³-hybridized carbons (Fsp3) is 0.417. The molecule has 0 saturated heterocycles. The Morgan fingerprint density at radius 1 is 1.50 bits per heavy atom. The molecule has 0 radical (unpaired) electrons. The molecule has 108 valence electrons. The summed E-state index contributed by atoms with van der Waals surface area (Å²) in [6.07, 6.45) is 1.29. The van der Waals surface area contributed by atoms with E-state index in [1.54, 1.807) is 6.92 Å². The molecule has 0 aliphatic heterocycles.